The Morgan fingerprint density at radius 1 is 1.36 bits per heavy atom. The lowest BCUT2D eigenvalue weighted by molar-refractivity contribution is -0.139. The van der Waals surface area contributed by atoms with Gasteiger partial charge < -0.3 is 4.74 Å². The van der Waals surface area contributed by atoms with Crippen LogP contribution in [0.3, 0.4) is 0 Å². The Kier molecular flexibility index (Phi) is 5.77. The molecule has 0 atom stereocenters. The van der Waals surface area contributed by atoms with Gasteiger partial charge >= 0.3 is 5.97 Å². The van der Waals surface area contributed by atoms with Crippen LogP contribution in [0.4, 0.5) is 0 Å². The van der Waals surface area contributed by atoms with Crippen molar-refractivity contribution >= 4 is 17.7 Å². The fraction of sp³-hybridized carbons (Fsp3) is 0.312. The van der Waals surface area contributed by atoms with Gasteiger partial charge in [-0.3, -0.25) is 9.36 Å². The summed E-state index contributed by atoms with van der Waals surface area (Å²) in [5.74, 6) is 0.737. The molecule has 0 bridgehead atoms. The minimum atomic E-state index is -0.252. The maximum Gasteiger partial charge on any atom is 0.316 e. The van der Waals surface area contributed by atoms with Crippen molar-refractivity contribution in [3.8, 4) is 11.4 Å². The van der Waals surface area contributed by atoms with Crippen molar-refractivity contribution < 1.29 is 9.53 Å². The number of aryl methyl sites for hydroxylation is 1. The van der Waals surface area contributed by atoms with E-state index in [-0.39, 0.29) is 11.7 Å². The lowest BCUT2D eigenvalue weighted by Crippen LogP contribution is -2.08. The number of allylic oxidation sites excluding steroid dienone is 1. The molecule has 5 nitrogen and oxygen atoms in total. The number of aromatic nitrogens is 3. The van der Waals surface area contributed by atoms with Crippen LogP contribution in [0.2, 0.25) is 0 Å². The van der Waals surface area contributed by atoms with Gasteiger partial charge in [-0.05, 0) is 13.8 Å². The van der Waals surface area contributed by atoms with Gasteiger partial charge in [-0.2, -0.15) is 0 Å². The van der Waals surface area contributed by atoms with Crippen LogP contribution in [0.1, 0.15) is 12.5 Å². The number of esters is 1. The fourth-order valence-electron chi connectivity index (χ4n) is 1.93. The van der Waals surface area contributed by atoms with Crippen molar-refractivity contribution in [2.45, 2.75) is 25.5 Å². The summed E-state index contributed by atoms with van der Waals surface area (Å²) in [6.45, 7) is 8.57. The van der Waals surface area contributed by atoms with Crippen molar-refractivity contribution in [1.29, 1.82) is 0 Å². The number of nitrogens with zero attached hydrogens (tertiary/aromatic N) is 3. The van der Waals surface area contributed by atoms with Crippen LogP contribution in [-0.4, -0.2) is 33.1 Å². The quantitative estimate of drug-likeness (QED) is 0.446. The van der Waals surface area contributed by atoms with Gasteiger partial charge in [-0.15, -0.1) is 16.8 Å². The molecule has 0 unspecified atom stereocenters. The molecule has 22 heavy (non-hydrogen) atoms. The summed E-state index contributed by atoms with van der Waals surface area (Å²) < 4.78 is 6.88. The highest BCUT2D eigenvalue weighted by atomic mass is 32.2. The van der Waals surface area contributed by atoms with Crippen molar-refractivity contribution in [2.75, 3.05) is 12.4 Å². The minimum absolute atomic E-state index is 0.219. The SMILES string of the molecule is C=CCn1c(SCC(=O)OCC)nnc1-c1ccc(C)cc1. The van der Waals surface area contributed by atoms with E-state index in [1.807, 2.05) is 35.8 Å². The zero-order valence-corrected chi connectivity index (χ0v) is 13.6. The van der Waals surface area contributed by atoms with E-state index >= 15 is 0 Å². The van der Waals surface area contributed by atoms with E-state index in [1.165, 1.54) is 17.3 Å². The molecule has 0 aliphatic rings. The first-order valence-electron chi connectivity index (χ1n) is 7.05. The third-order valence-corrected chi connectivity index (χ3v) is 3.90. The average Bonchev–Trinajstić information content (AvgIpc) is 2.90. The van der Waals surface area contributed by atoms with Gasteiger partial charge in [0.15, 0.2) is 11.0 Å². The lowest BCUT2D eigenvalue weighted by Gasteiger charge is -2.07. The summed E-state index contributed by atoms with van der Waals surface area (Å²) in [7, 11) is 0. The maximum atomic E-state index is 11.5. The van der Waals surface area contributed by atoms with E-state index in [0.717, 1.165) is 11.4 Å². The molecule has 2 rings (SSSR count). The summed E-state index contributed by atoms with van der Waals surface area (Å²) in [6.07, 6.45) is 1.79. The third-order valence-electron chi connectivity index (χ3n) is 2.96. The van der Waals surface area contributed by atoms with Crippen LogP contribution >= 0.6 is 11.8 Å². The first-order valence-corrected chi connectivity index (χ1v) is 8.03. The Bertz CT molecular complexity index is 650. The smallest absolute Gasteiger partial charge is 0.316 e. The molecule has 0 aliphatic carbocycles. The number of rotatable bonds is 7. The van der Waals surface area contributed by atoms with Gasteiger partial charge in [0, 0.05) is 12.1 Å². The Morgan fingerprint density at radius 2 is 2.09 bits per heavy atom. The Balaban J connectivity index is 2.23. The Labute approximate surface area is 134 Å². The monoisotopic (exact) mass is 317 g/mol. The van der Waals surface area contributed by atoms with E-state index in [2.05, 4.69) is 16.8 Å². The van der Waals surface area contributed by atoms with Crippen LogP contribution in [-0.2, 0) is 16.1 Å². The fourth-order valence-corrected chi connectivity index (χ4v) is 2.68. The zero-order chi connectivity index (χ0) is 15.9. The maximum absolute atomic E-state index is 11.5. The van der Waals surface area contributed by atoms with Gasteiger partial charge in [0.05, 0.1) is 12.4 Å². The minimum Gasteiger partial charge on any atom is -0.465 e. The van der Waals surface area contributed by atoms with Gasteiger partial charge in [-0.25, -0.2) is 0 Å². The predicted molar refractivity (Wildman–Crippen MR) is 87.7 cm³/mol. The van der Waals surface area contributed by atoms with Gasteiger partial charge in [-0.1, -0.05) is 47.7 Å². The number of hydrogen-bond donors (Lipinski definition) is 0. The summed E-state index contributed by atoms with van der Waals surface area (Å²) in [4.78, 5) is 11.5. The summed E-state index contributed by atoms with van der Waals surface area (Å²) in [5.41, 5.74) is 2.18. The summed E-state index contributed by atoms with van der Waals surface area (Å²) in [5, 5.41) is 9.12. The molecule has 0 amide bonds. The number of carbonyl (C=O) groups is 1. The first-order chi connectivity index (χ1) is 10.7. The summed E-state index contributed by atoms with van der Waals surface area (Å²) >= 11 is 1.32. The molecule has 1 aromatic heterocycles. The summed E-state index contributed by atoms with van der Waals surface area (Å²) in [6, 6.07) is 8.10. The van der Waals surface area contributed by atoms with Gasteiger partial charge in [0.2, 0.25) is 0 Å². The number of benzene rings is 1. The predicted octanol–water partition coefficient (Wildman–Crippen LogP) is 3.09. The Morgan fingerprint density at radius 3 is 2.73 bits per heavy atom. The highest BCUT2D eigenvalue weighted by Crippen LogP contribution is 2.24. The first kappa shape index (κ1) is 16.3. The molecule has 0 aliphatic heterocycles. The molecule has 0 N–H and O–H groups in total. The molecule has 1 aromatic carbocycles. The van der Waals surface area contributed by atoms with Crippen molar-refractivity contribution in [3.05, 3.63) is 42.5 Å². The highest BCUT2D eigenvalue weighted by Gasteiger charge is 2.15. The number of ether oxygens (including phenoxy) is 1. The molecule has 0 fully saturated rings. The van der Waals surface area contributed by atoms with Crippen LogP contribution in [0, 0.1) is 6.92 Å². The topological polar surface area (TPSA) is 57.0 Å². The Hall–Kier alpha value is -2.08. The number of carbonyl (C=O) groups excluding carboxylic acids is 1. The normalized spacial score (nSPS) is 10.5. The lowest BCUT2D eigenvalue weighted by atomic mass is 10.1. The van der Waals surface area contributed by atoms with Crippen LogP contribution < -0.4 is 0 Å². The van der Waals surface area contributed by atoms with Crippen LogP contribution in [0.15, 0.2) is 42.1 Å². The molecular formula is C16H19N3O2S. The molecule has 116 valence electrons. The molecule has 0 saturated carbocycles. The van der Waals surface area contributed by atoms with E-state index in [9.17, 15) is 4.79 Å². The highest BCUT2D eigenvalue weighted by molar-refractivity contribution is 7.99. The second-order valence-corrected chi connectivity index (χ2v) is 5.61. The van der Waals surface area contributed by atoms with Crippen LogP contribution in [0.5, 0.6) is 0 Å². The van der Waals surface area contributed by atoms with E-state index in [0.29, 0.717) is 18.3 Å². The molecule has 6 heteroatoms. The van der Waals surface area contributed by atoms with Crippen LogP contribution in [0.25, 0.3) is 11.4 Å². The van der Waals surface area contributed by atoms with Crippen molar-refractivity contribution in [1.82, 2.24) is 14.8 Å². The van der Waals surface area contributed by atoms with Gasteiger partial charge in [0.1, 0.15) is 0 Å². The third kappa shape index (κ3) is 3.98. The zero-order valence-electron chi connectivity index (χ0n) is 12.8. The van der Waals surface area contributed by atoms with E-state index in [4.69, 9.17) is 4.74 Å². The van der Waals surface area contributed by atoms with Gasteiger partial charge in [0.25, 0.3) is 0 Å². The second kappa shape index (κ2) is 7.79. The second-order valence-electron chi connectivity index (χ2n) is 4.67. The molecule has 2 aromatic rings. The molecular weight excluding hydrogens is 298 g/mol. The molecule has 1 heterocycles. The molecule has 0 spiro atoms. The van der Waals surface area contributed by atoms with E-state index in [1.54, 1.807) is 13.0 Å². The largest absolute Gasteiger partial charge is 0.465 e. The van der Waals surface area contributed by atoms with Crippen molar-refractivity contribution in [2.24, 2.45) is 0 Å². The standard InChI is InChI=1S/C16H19N3O2S/c1-4-10-19-15(13-8-6-12(3)7-9-13)17-18-16(19)22-11-14(20)21-5-2/h4,6-9H,1,5,10-11H2,2-3H3. The van der Waals surface area contributed by atoms with E-state index < -0.39 is 0 Å². The number of hydrogen-bond acceptors (Lipinski definition) is 5. The number of thioether (sulfide) groups is 1. The van der Waals surface area contributed by atoms with Crippen molar-refractivity contribution in [3.63, 3.8) is 0 Å². The molecule has 0 saturated heterocycles. The molecule has 0 radical (unpaired) electrons. The average molecular weight is 317 g/mol.